The van der Waals surface area contributed by atoms with Crippen LogP contribution in [0.5, 0.6) is 0 Å². The predicted molar refractivity (Wildman–Crippen MR) is 133 cm³/mol. The summed E-state index contributed by atoms with van der Waals surface area (Å²) in [5, 5.41) is 9.69. The summed E-state index contributed by atoms with van der Waals surface area (Å²) in [4.78, 5) is 30.5. The molecule has 32 heavy (non-hydrogen) atoms. The fraction of sp³-hybridized carbons (Fsp3) is 0.565. The minimum atomic E-state index is -0.273. The first kappa shape index (κ1) is 24.5. The van der Waals surface area contributed by atoms with Crippen LogP contribution < -0.4 is 10.5 Å². The molecule has 9 heteroatoms. The molecule has 1 aromatic rings. The lowest BCUT2D eigenvalue weighted by Gasteiger charge is -2.35. The third-order valence-corrected chi connectivity index (χ3v) is 7.50. The van der Waals surface area contributed by atoms with Crippen molar-refractivity contribution in [2.24, 2.45) is 5.92 Å². The Morgan fingerprint density at radius 2 is 2.00 bits per heavy atom. The summed E-state index contributed by atoms with van der Waals surface area (Å²) in [6.45, 7) is 9.13. The molecule has 0 aliphatic carbocycles. The maximum absolute atomic E-state index is 13.1. The maximum atomic E-state index is 13.1. The van der Waals surface area contributed by atoms with Gasteiger partial charge in [0.1, 0.15) is 21.8 Å². The van der Waals surface area contributed by atoms with Crippen molar-refractivity contribution in [3.63, 3.8) is 0 Å². The molecule has 2 fully saturated rings. The minimum absolute atomic E-state index is 0.128. The highest BCUT2D eigenvalue weighted by Crippen LogP contribution is 2.36. The molecular weight excluding hydrogens is 444 g/mol. The van der Waals surface area contributed by atoms with E-state index >= 15 is 0 Å². The molecule has 3 rings (SSSR count). The fourth-order valence-electron chi connectivity index (χ4n) is 4.19. The van der Waals surface area contributed by atoms with Gasteiger partial charge in [-0.05, 0) is 50.7 Å². The number of nitrogens with zero attached hydrogens (tertiary/aromatic N) is 4. The van der Waals surface area contributed by atoms with Crippen molar-refractivity contribution in [1.29, 1.82) is 5.26 Å². The monoisotopic (exact) mass is 474 g/mol. The van der Waals surface area contributed by atoms with E-state index in [9.17, 15) is 14.9 Å². The largest absolute Gasteiger partial charge is 0.385 e. The maximum Gasteiger partial charge on any atom is 0.270 e. The summed E-state index contributed by atoms with van der Waals surface area (Å²) in [6, 6.07) is 2.08. The van der Waals surface area contributed by atoms with Gasteiger partial charge in [0.2, 0.25) is 0 Å². The third kappa shape index (κ3) is 4.77. The SMILES string of the molecule is CCn1c(N2CCC(C)CC2)c(/C=C2\SC(=S)N(CCCOC)C2=O)c(C)c(C#N)c1=O. The molecule has 7 nitrogen and oxygen atoms in total. The van der Waals surface area contributed by atoms with Crippen molar-refractivity contribution in [2.45, 2.75) is 46.6 Å². The van der Waals surface area contributed by atoms with Gasteiger partial charge in [-0.1, -0.05) is 30.9 Å². The molecular formula is C23H30N4O3S2. The van der Waals surface area contributed by atoms with Crippen LogP contribution in [0, 0.1) is 24.2 Å². The van der Waals surface area contributed by atoms with Gasteiger partial charge >= 0.3 is 0 Å². The molecule has 0 N–H and O–H groups in total. The number of aromatic nitrogens is 1. The molecule has 0 atom stereocenters. The number of thiocarbonyl (C=S) groups is 1. The van der Waals surface area contributed by atoms with Crippen LogP contribution in [0.15, 0.2) is 9.70 Å². The average Bonchev–Trinajstić information content (AvgIpc) is 3.04. The Morgan fingerprint density at radius 3 is 2.59 bits per heavy atom. The van der Waals surface area contributed by atoms with E-state index in [0.29, 0.717) is 46.8 Å². The van der Waals surface area contributed by atoms with Crippen LogP contribution in [0.3, 0.4) is 0 Å². The van der Waals surface area contributed by atoms with Gasteiger partial charge in [-0.2, -0.15) is 5.26 Å². The van der Waals surface area contributed by atoms with Crippen molar-refractivity contribution in [3.8, 4) is 6.07 Å². The van der Waals surface area contributed by atoms with E-state index < -0.39 is 0 Å². The number of hydrogen-bond acceptors (Lipinski definition) is 7. The Bertz CT molecular complexity index is 1030. The topological polar surface area (TPSA) is 78.6 Å². The molecule has 0 saturated carbocycles. The van der Waals surface area contributed by atoms with Crippen LogP contribution in [-0.4, -0.2) is 53.0 Å². The molecule has 0 bridgehead atoms. The van der Waals surface area contributed by atoms with Crippen LogP contribution in [-0.2, 0) is 16.1 Å². The van der Waals surface area contributed by atoms with Crippen molar-refractivity contribution >= 4 is 46.1 Å². The lowest BCUT2D eigenvalue weighted by molar-refractivity contribution is -0.122. The normalized spacial score (nSPS) is 18.7. The van der Waals surface area contributed by atoms with E-state index in [4.69, 9.17) is 17.0 Å². The molecule has 2 aliphatic rings. The van der Waals surface area contributed by atoms with Gasteiger partial charge in [0, 0.05) is 45.5 Å². The number of amides is 1. The summed E-state index contributed by atoms with van der Waals surface area (Å²) < 4.78 is 7.29. The zero-order valence-corrected chi connectivity index (χ0v) is 20.8. The van der Waals surface area contributed by atoms with Crippen LogP contribution >= 0.6 is 24.0 Å². The van der Waals surface area contributed by atoms with Gasteiger partial charge in [0.25, 0.3) is 11.5 Å². The van der Waals surface area contributed by atoms with E-state index in [-0.39, 0.29) is 17.0 Å². The number of piperidine rings is 1. The van der Waals surface area contributed by atoms with Gasteiger partial charge in [-0.3, -0.25) is 19.1 Å². The smallest absolute Gasteiger partial charge is 0.270 e. The Kier molecular flexibility index (Phi) is 8.15. The standard InChI is InChI=1S/C23H30N4O3S2/c1-5-26-20(25-10-7-15(2)8-11-25)17(16(3)18(14-24)21(26)28)13-19-22(29)27(23(31)32-19)9-6-12-30-4/h13,15H,5-12H2,1-4H3/b19-13-. The number of nitriles is 1. The number of ether oxygens (including phenoxy) is 1. The molecule has 172 valence electrons. The molecule has 0 radical (unpaired) electrons. The second-order valence-electron chi connectivity index (χ2n) is 8.25. The third-order valence-electron chi connectivity index (χ3n) is 6.12. The number of anilines is 1. The van der Waals surface area contributed by atoms with Gasteiger partial charge in [-0.15, -0.1) is 0 Å². The lowest BCUT2D eigenvalue weighted by Crippen LogP contribution is -2.39. The van der Waals surface area contributed by atoms with Crippen molar-refractivity contribution < 1.29 is 9.53 Å². The molecule has 3 heterocycles. The number of pyridine rings is 1. The molecule has 2 saturated heterocycles. The van der Waals surface area contributed by atoms with Crippen molar-refractivity contribution in [1.82, 2.24) is 9.47 Å². The quantitative estimate of drug-likeness (QED) is 0.340. The van der Waals surface area contributed by atoms with Gasteiger partial charge in [0.15, 0.2) is 0 Å². The van der Waals surface area contributed by atoms with Crippen LogP contribution in [0.25, 0.3) is 6.08 Å². The van der Waals surface area contributed by atoms with Crippen molar-refractivity contribution in [2.75, 3.05) is 38.3 Å². The zero-order valence-electron chi connectivity index (χ0n) is 19.1. The summed E-state index contributed by atoms with van der Waals surface area (Å²) >= 11 is 6.72. The van der Waals surface area contributed by atoms with Gasteiger partial charge < -0.3 is 9.64 Å². The number of thioether (sulfide) groups is 1. The summed E-state index contributed by atoms with van der Waals surface area (Å²) in [7, 11) is 1.63. The van der Waals surface area contributed by atoms with E-state index in [1.807, 2.05) is 13.0 Å². The van der Waals surface area contributed by atoms with Gasteiger partial charge in [0.05, 0.1) is 4.91 Å². The Balaban J connectivity index is 2.11. The first-order valence-corrected chi connectivity index (χ1v) is 12.2. The first-order chi connectivity index (χ1) is 15.3. The van der Waals surface area contributed by atoms with Crippen molar-refractivity contribution in [3.05, 3.63) is 31.9 Å². The number of carbonyl (C=O) groups is 1. The van der Waals surface area contributed by atoms with E-state index in [2.05, 4.69) is 17.9 Å². The van der Waals surface area contributed by atoms with Gasteiger partial charge in [-0.25, -0.2) is 0 Å². The number of carbonyl (C=O) groups excluding carboxylic acids is 1. The number of methoxy groups -OCH3 is 1. The second kappa shape index (κ2) is 10.6. The van der Waals surface area contributed by atoms with E-state index in [0.717, 1.165) is 37.3 Å². The first-order valence-electron chi connectivity index (χ1n) is 11.0. The highest BCUT2D eigenvalue weighted by Gasteiger charge is 2.33. The molecule has 0 unspecified atom stereocenters. The molecule has 0 spiro atoms. The summed E-state index contributed by atoms with van der Waals surface area (Å²) in [5.74, 6) is 1.30. The Hall–Kier alpha value is -2.15. The predicted octanol–water partition coefficient (Wildman–Crippen LogP) is 3.52. The van der Waals surface area contributed by atoms with Crippen LogP contribution in [0.1, 0.15) is 49.8 Å². The Labute approximate surface area is 199 Å². The average molecular weight is 475 g/mol. The molecule has 0 aromatic carbocycles. The zero-order chi connectivity index (χ0) is 23.4. The molecule has 1 aromatic heterocycles. The Morgan fingerprint density at radius 1 is 1.31 bits per heavy atom. The summed E-state index contributed by atoms with van der Waals surface area (Å²) in [6.07, 6.45) is 4.60. The lowest BCUT2D eigenvalue weighted by atomic mass is 9.97. The molecule has 1 amide bonds. The van der Waals surface area contributed by atoms with E-state index in [1.165, 1.54) is 11.8 Å². The van der Waals surface area contributed by atoms with Crippen LogP contribution in [0.2, 0.25) is 0 Å². The minimum Gasteiger partial charge on any atom is -0.385 e. The highest BCUT2D eigenvalue weighted by atomic mass is 32.2. The highest BCUT2D eigenvalue weighted by molar-refractivity contribution is 8.26. The van der Waals surface area contributed by atoms with E-state index in [1.54, 1.807) is 23.5 Å². The second-order valence-corrected chi connectivity index (χ2v) is 9.92. The fourth-order valence-corrected chi connectivity index (χ4v) is 5.48. The number of hydrogen-bond donors (Lipinski definition) is 0. The van der Waals surface area contributed by atoms with Crippen LogP contribution in [0.4, 0.5) is 5.82 Å². The summed E-state index contributed by atoms with van der Waals surface area (Å²) in [5.41, 5.74) is 1.23. The number of rotatable bonds is 7. The molecule has 2 aliphatic heterocycles.